The zero-order valence-corrected chi connectivity index (χ0v) is 18.8. The number of amides is 1. The fourth-order valence-corrected chi connectivity index (χ4v) is 5.05. The molecule has 1 aliphatic carbocycles. The Kier molecular flexibility index (Phi) is 5.45. The molecule has 0 spiro atoms. The second-order valence-electron chi connectivity index (χ2n) is 7.63. The molecule has 162 valence electrons. The van der Waals surface area contributed by atoms with E-state index in [2.05, 4.69) is 10.3 Å². The standard InChI is InChI=1S/C24H19ClN2O4S/c1-13-22(14-4-2-5-15(25)10-14)27-24(32-13)26-21(28)12-30-16-8-9-18-17-6-3-7-19(17)23(29)31-20(18)11-16/h2,4-5,8-11H,3,6-7,12H2,1H3,(H,26,27,28). The molecule has 0 saturated carbocycles. The number of carbonyl (C=O) groups excluding carboxylic acids is 1. The first-order valence-electron chi connectivity index (χ1n) is 10.2. The maximum absolute atomic E-state index is 12.4. The van der Waals surface area contributed by atoms with Crippen LogP contribution < -0.4 is 15.7 Å². The number of hydrogen-bond acceptors (Lipinski definition) is 6. The molecule has 5 rings (SSSR count). The van der Waals surface area contributed by atoms with Crippen LogP contribution in [-0.4, -0.2) is 17.5 Å². The van der Waals surface area contributed by atoms with E-state index in [1.54, 1.807) is 18.2 Å². The Bertz CT molecular complexity index is 1410. The Balaban J connectivity index is 1.27. The Morgan fingerprint density at radius 2 is 2.06 bits per heavy atom. The highest BCUT2D eigenvalue weighted by atomic mass is 35.5. The number of hydrogen-bond donors (Lipinski definition) is 1. The van der Waals surface area contributed by atoms with Crippen molar-refractivity contribution in [1.82, 2.24) is 4.98 Å². The van der Waals surface area contributed by atoms with Crippen LogP contribution in [0.1, 0.15) is 22.4 Å². The van der Waals surface area contributed by atoms with Crippen molar-refractivity contribution < 1.29 is 13.9 Å². The summed E-state index contributed by atoms with van der Waals surface area (Å²) in [6, 6.07) is 12.8. The molecular formula is C24H19ClN2O4S. The van der Waals surface area contributed by atoms with Crippen LogP contribution in [-0.2, 0) is 17.6 Å². The van der Waals surface area contributed by atoms with Crippen LogP contribution in [0.25, 0.3) is 22.2 Å². The average Bonchev–Trinajstić information content (AvgIpc) is 3.39. The fourth-order valence-electron chi connectivity index (χ4n) is 4.01. The monoisotopic (exact) mass is 466 g/mol. The first-order chi connectivity index (χ1) is 15.5. The summed E-state index contributed by atoms with van der Waals surface area (Å²) in [6.45, 7) is 1.76. The quantitative estimate of drug-likeness (QED) is 0.399. The topological polar surface area (TPSA) is 81.4 Å². The summed E-state index contributed by atoms with van der Waals surface area (Å²) in [5, 5.41) is 4.83. The zero-order valence-electron chi connectivity index (χ0n) is 17.2. The number of thiazole rings is 1. The lowest BCUT2D eigenvalue weighted by Gasteiger charge is -2.08. The molecular weight excluding hydrogens is 448 g/mol. The molecule has 0 aliphatic heterocycles. The highest BCUT2D eigenvalue weighted by Gasteiger charge is 2.20. The maximum Gasteiger partial charge on any atom is 0.339 e. The molecule has 6 nitrogen and oxygen atoms in total. The van der Waals surface area contributed by atoms with Gasteiger partial charge in [-0.1, -0.05) is 23.7 Å². The molecule has 1 aliphatic rings. The third-order valence-corrected chi connectivity index (χ3v) is 6.58. The molecule has 4 aromatic rings. The Morgan fingerprint density at radius 3 is 2.91 bits per heavy atom. The van der Waals surface area contributed by atoms with Crippen molar-refractivity contribution in [2.75, 3.05) is 11.9 Å². The molecule has 2 aromatic heterocycles. The van der Waals surface area contributed by atoms with E-state index in [9.17, 15) is 9.59 Å². The SMILES string of the molecule is Cc1sc(NC(=O)COc2ccc3c4c(c(=O)oc3c2)CCC4)nc1-c1cccc(Cl)c1. The van der Waals surface area contributed by atoms with Crippen molar-refractivity contribution in [3.63, 3.8) is 0 Å². The van der Waals surface area contributed by atoms with E-state index in [-0.39, 0.29) is 18.1 Å². The molecule has 2 aromatic carbocycles. The number of halogens is 1. The first-order valence-corrected chi connectivity index (χ1v) is 11.4. The second-order valence-corrected chi connectivity index (χ2v) is 9.27. The molecule has 1 N–H and O–H groups in total. The van der Waals surface area contributed by atoms with Crippen molar-refractivity contribution in [2.24, 2.45) is 0 Å². The number of ether oxygens (including phenoxy) is 1. The van der Waals surface area contributed by atoms with Crippen LogP contribution in [0, 0.1) is 6.92 Å². The molecule has 0 atom stereocenters. The van der Waals surface area contributed by atoms with Gasteiger partial charge in [0.05, 0.1) is 5.69 Å². The predicted octanol–water partition coefficient (Wildman–Crippen LogP) is 5.38. The van der Waals surface area contributed by atoms with Gasteiger partial charge in [0.2, 0.25) is 0 Å². The molecule has 0 unspecified atom stereocenters. The van der Waals surface area contributed by atoms with Gasteiger partial charge in [0.25, 0.3) is 5.91 Å². The van der Waals surface area contributed by atoms with Crippen molar-refractivity contribution in [2.45, 2.75) is 26.2 Å². The van der Waals surface area contributed by atoms with Crippen LogP contribution >= 0.6 is 22.9 Å². The molecule has 1 amide bonds. The number of benzene rings is 2. The van der Waals surface area contributed by atoms with E-state index in [0.29, 0.717) is 21.5 Å². The molecule has 0 saturated heterocycles. The lowest BCUT2D eigenvalue weighted by molar-refractivity contribution is -0.118. The number of fused-ring (bicyclic) bond motifs is 3. The van der Waals surface area contributed by atoms with Gasteiger partial charge in [-0.2, -0.15) is 0 Å². The number of carbonyl (C=O) groups is 1. The maximum atomic E-state index is 12.4. The third kappa shape index (κ3) is 4.01. The van der Waals surface area contributed by atoms with Gasteiger partial charge >= 0.3 is 5.63 Å². The summed E-state index contributed by atoms with van der Waals surface area (Å²) in [5.74, 6) is 0.135. The summed E-state index contributed by atoms with van der Waals surface area (Å²) in [7, 11) is 0. The van der Waals surface area contributed by atoms with Crippen LogP contribution in [0.3, 0.4) is 0 Å². The summed E-state index contributed by atoms with van der Waals surface area (Å²) in [6.07, 6.45) is 2.61. The van der Waals surface area contributed by atoms with Gasteiger partial charge in [0, 0.05) is 32.5 Å². The van der Waals surface area contributed by atoms with E-state index in [4.69, 9.17) is 20.8 Å². The molecule has 0 fully saturated rings. The minimum atomic E-state index is -0.327. The summed E-state index contributed by atoms with van der Waals surface area (Å²) in [5.41, 5.74) is 3.72. The highest BCUT2D eigenvalue weighted by molar-refractivity contribution is 7.16. The van der Waals surface area contributed by atoms with Gasteiger partial charge in [0.1, 0.15) is 11.3 Å². The van der Waals surface area contributed by atoms with Crippen molar-refractivity contribution in [3.05, 3.63) is 73.9 Å². The number of nitrogens with zero attached hydrogens (tertiary/aromatic N) is 1. The molecule has 2 heterocycles. The van der Waals surface area contributed by atoms with Crippen LogP contribution in [0.2, 0.25) is 5.02 Å². The van der Waals surface area contributed by atoms with Crippen molar-refractivity contribution in [3.8, 4) is 17.0 Å². The van der Waals surface area contributed by atoms with Gasteiger partial charge < -0.3 is 9.15 Å². The number of aromatic nitrogens is 1. The largest absolute Gasteiger partial charge is 0.484 e. The van der Waals surface area contributed by atoms with E-state index in [0.717, 1.165) is 51.9 Å². The predicted molar refractivity (Wildman–Crippen MR) is 126 cm³/mol. The number of nitrogens with one attached hydrogen (secondary N) is 1. The Hall–Kier alpha value is -3.16. The van der Waals surface area contributed by atoms with Crippen LogP contribution in [0.5, 0.6) is 5.75 Å². The van der Waals surface area contributed by atoms with E-state index >= 15 is 0 Å². The molecule has 8 heteroatoms. The average molecular weight is 467 g/mol. The number of anilines is 1. The lowest BCUT2D eigenvalue weighted by Crippen LogP contribution is -2.20. The van der Waals surface area contributed by atoms with Gasteiger partial charge in [-0.3, -0.25) is 10.1 Å². The minimum Gasteiger partial charge on any atom is -0.484 e. The zero-order chi connectivity index (χ0) is 22.2. The molecule has 0 bridgehead atoms. The van der Waals surface area contributed by atoms with Crippen LogP contribution in [0.4, 0.5) is 5.13 Å². The van der Waals surface area contributed by atoms with Gasteiger partial charge in [-0.15, -0.1) is 11.3 Å². The summed E-state index contributed by atoms with van der Waals surface area (Å²) >= 11 is 7.46. The van der Waals surface area contributed by atoms with Gasteiger partial charge in [-0.25, -0.2) is 9.78 Å². The molecule has 0 radical (unpaired) electrons. The van der Waals surface area contributed by atoms with Gasteiger partial charge in [-0.05, 0) is 56.0 Å². The number of aryl methyl sites for hydroxylation is 2. The van der Waals surface area contributed by atoms with Crippen LogP contribution in [0.15, 0.2) is 51.7 Å². The smallest absolute Gasteiger partial charge is 0.339 e. The van der Waals surface area contributed by atoms with E-state index in [1.165, 1.54) is 11.3 Å². The first kappa shape index (κ1) is 20.7. The Morgan fingerprint density at radius 1 is 1.22 bits per heavy atom. The Labute approximate surface area is 192 Å². The van der Waals surface area contributed by atoms with Crippen molar-refractivity contribution >= 4 is 44.9 Å². The minimum absolute atomic E-state index is 0.189. The van der Waals surface area contributed by atoms with E-state index < -0.39 is 0 Å². The summed E-state index contributed by atoms with van der Waals surface area (Å²) in [4.78, 5) is 30.1. The van der Waals surface area contributed by atoms with Gasteiger partial charge in [0.15, 0.2) is 11.7 Å². The highest BCUT2D eigenvalue weighted by Crippen LogP contribution is 2.32. The fraction of sp³-hybridized carbons (Fsp3) is 0.208. The third-order valence-electron chi connectivity index (χ3n) is 5.46. The molecule has 32 heavy (non-hydrogen) atoms. The van der Waals surface area contributed by atoms with E-state index in [1.807, 2.05) is 31.2 Å². The number of rotatable bonds is 5. The van der Waals surface area contributed by atoms with Crippen molar-refractivity contribution in [1.29, 1.82) is 0 Å². The normalized spacial score (nSPS) is 12.7. The second kappa shape index (κ2) is 8.41. The summed E-state index contributed by atoms with van der Waals surface area (Å²) < 4.78 is 11.1. The lowest BCUT2D eigenvalue weighted by atomic mass is 10.1.